The van der Waals surface area contributed by atoms with Gasteiger partial charge in [-0.1, -0.05) is 24.6 Å². The van der Waals surface area contributed by atoms with Crippen LogP contribution in [0.5, 0.6) is 0 Å². The van der Waals surface area contributed by atoms with Crippen LogP contribution in [0.1, 0.15) is 37.7 Å². The number of likely N-dealkylation sites (tertiary alicyclic amines) is 2. The van der Waals surface area contributed by atoms with Gasteiger partial charge < -0.3 is 9.80 Å². The zero-order chi connectivity index (χ0) is 19.2. The first-order valence-corrected chi connectivity index (χ1v) is 10.5. The number of hydrogen-bond acceptors (Lipinski definition) is 3. The van der Waals surface area contributed by atoms with Gasteiger partial charge in [0, 0.05) is 20.1 Å². The molecule has 150 valence electrons. The fraction of sp³-hybridized carbons (Fsp3) is 0.682. The number of likely N-dealkylation sites (N-methyl/N-ethyl adjacent to an activating group) is 2. The number of carbonyl (C=O) groups excluding carboxylic acids is 1. The lowest BCUT2D eigenvalue weighted by atomic mass is 9.95. The van der Waals surface area contributed by atoms with Gasteiger partial charge >= 0.3 is 0 Å². The Balaban J connectivity index is 1.40. The Bertz CT molecular complexity index is 615. The van der Waals surface area contributed by atoms with Crippen molar-refractivity contribution in [1.82, 2.24) is 14.7 Å². The van der Waals surface area contributed by atoms with Crippen molar-refractivity contribution >= 4 is 5.91 Å². The van der Waals surface area contributed by atoms with E-state index in [1.165, 1.54) is 12.5 Å². The van der Waals surface area contributed by atoms with Gasteiger partial charge in [-0.05, 0) is 76.3 Å². The van der Waals surface area contributed by atoms with Crippen molar-refractivity contribution in [1.29, 1.82) is 0 Å². The van der Waals surface area contributed by atoms with Gasteiger partial charge in [-0.3, -0.25) is 9.69 Å². The first-order chi connectivity index (χ1) is 13.0. The summed E-state index contributed by atoms with van der Waals surface area (Å²) in [4.78, 5) is 19.4. The lowest BCUT2D eigenvalue weighted by molar-refractivity contribution is -0.137. The fourth-order valence-electron chi connectivity index (χ4n) is 4.49. The molecule has 2 fully saturated rings. The molecule has 0 aliphatic carbocycles. The molecule has 2 aliphatic rings. The second-order valence-electron chi connectivity index (χ2n) is 8.34. The highest BCUT2D eigenvalue weighted by atomic mass is 19.1. The van der Waals surface area contributed by atoms with E-state index in [0.717, 1.165) is 70.4 Å². The van der Waals surface area contributed by atoms with E-state index in [1.54, 1.807) is 6.07 Å². The van der Waals surface area contributed by atoms with Gasteiger partial charge in [0.05, 0.1) is 6.04 Å². The van der Waals surface area contributed by atoms with Crippen molar-refractivity contribution in [3.8, 4) is 0 Å². The Morgan fingerprint density at radius 3 is 2.59 bits per heavy atom. The monoisotopic (exact) mass is 375 g/mol. The molecule has 0 radical (unpaired) electrons. The molecule has 3 rings (SSSR count). The van der Waals surface area contributed by atoms with Gasteiger partial charge in [0.25, 0.3) is 0 Å². The maximum atomic E-state index is 13.7. The molecule has 2 heterocycles. The molecule has 0 N–H and O–H groups in total. The van der Waals surface area contributed by atoms with Crippen LogP contribution >= 0.6 is 0 Å². The summed E-state index contributed by atoms with van der Waals surface area (Å²) in [6, 6.07) is 7.14. The second-order valence-corrected chi connectivity index (χ2v) is 8.34. The van der Waals surface area contributed by atoms with Crippen molar-refractivity contribution in [3.05, 3.63) is 35.6 Å². The number of rotatable bonds is 6. The van der Waals surface area contributed by atoms with Crippen molar-refractivity contribution in [2.75, 3.05) is 46.8 Å². The molecule has 0 unspecified atom stereocenters. The molecule has 1 amide bonds. The molecule has 1 aromatic carbocycles. The SMILES string of the molecule is CN(CC1CCN(CCc2ccccc2F)CC1)C(=O)[C@H]1CCCCN1C. The molecule has 27 heavy (non-hydrogen) atoms. The minimum Gasteiger partial charge on any atom is -0.344 e. The summed E-state index contributed by atoms with van der Waals surface area (Å²) in [5.41, 5.74) is 0.807. The van der Waals surface area contributed by atoms with E-state index in [9.17, 15) is 9.18 Å². The fourth-order valence-corrected chi connectivity index (χ4v) is 4.49. The first-order valence-electron chi connectivity index (χ1n) is 10.5. The molecule has 0 bridgehead atoms. The summed E-state index contributed by atoms with van der Waals surface area (Å²) in [6.45, 7) is 4.90. The average molecular weight is 376 g/mol. The van der Waals surface area contributed by atoms with Gasteiger partial charge in [-0.25, -0.2) is 4.39 Å². The topological polar surface area (TPSA) is 26.8 Å². The van der Waals surface area contributed by atoms with Gasteiger partial charge in [0.2, 0.25) is 5.91 Å². The third-order valence-electron chi connectivity index (χ3n) is 6.33. The van der Waals surface area contributed by atoms with E-state index in [-0.39, 0.29) is 11.9 Å². The van der Waals surface area contributed by atoms with Crippen LogP contribution in [0.25, 0.3) is 0 Å². The summed E-state index contributed by atoms with van der Waals surface area (Å²) in [5.74, 6) is 0.775. The molecule has 0 aromatic heterocycles. The molecule has 2 saturated heterocycles. The van der Waals surface area contributed by atoms with E-state index in [4.69, 9.17) is 0 Å². The first kappa shape index (κ1) is 20.3. The van der Waals surface area contributed by atoms with E-state index in [0.29, 0.717) is 11.8 Å². The highest BCUT2D eigenvalue weighted by Crippen LogP contribution is 2.21. The quantitative estimate of drug-likeness (QED) is 0.765. The Labute approximate surface area is 163 Å². The minimum absolute atomic E-state index is 0.0737. The average Bonchev–Trinajstić information content (AvgIpc) is 2.68. The van der Waals surface area contributed by atoms with Crippen LogP contribution in [0.4, 0.5) is 4.39 Å². The molecule has 1 atom stereocenters. The molecule has 4 nitrogen and oxygen atoms in total. The molecular weight excluding hydrogens is 341 g/mol. The molecule has 5 heteroatoms. The molecular formula is C22H34FN3O. The zero-order valence-corrected chi connectivity index (χ0v) is 16.9. The highest BCUT2D eigenvalue weighted by molar-refractivity contribution is 5.81. The maximum absolute atomic E-state index is 13.7. The van der Waals surface area contributed by atoms with Crippen LogP contribution in [0.15, 0.2) is 24.3 Å². The molecule has 0 saturated carbocycles. The van der Waals surface area contributed by atoms with Crippen molar-refractivity contribution in [2.24, 2.45) is 5.92 Å². The number of nitrogens with zero attached hydrogens (tertiary/aromatic N) is 3. The maximum Gasteiger partial charge on any atom is 0.239 e. The van der Waals surface area contributed by atoms with Gasteiger partial charge in [-0.2, -0.15) is 0 Å². The van der Waals surface area contributed by atoms with Crippen LogP contribution in [0.2, 0.25) is 0 Å². The summed E-state index contributed by atoms with van der Waals surface area (Å²) in [5, 5.41) is 0. The van der Waals surface area contributed by atoms with Crippen LogP contribution < -0.4 is 0 Å². The van der Waals surface area contributed by atoms with E-state index in [2.05, 4.69) is 16.8 Å². The van der Waals surface area contributed by atoms with Gasteiger partial charge in [0.15, 0.2) is 0 Å². The molecule has 2 aliphatic heterocycles. The van der Waals surface area contributed by atoms with E-state index < -0.39 is 0 Å². The number of amides is 1. The van der Waals surface area contributed by atoms with E-state index in [1.807, 2.05) is 24.1 Å². The molecule has 1 aromatic rings. The number of piperidine rings is 2. The van der Waals surface area contributed by atoms with Crippen LogP contribution in [-0.2, 0) is 11.2 Å². The highest BCUT2D eigenvalue weighted by Gasteiger charge is 2.30. The summed E-state index contributed by atoms with van der Waals surface area (Å²) < 4.78 is 13.7. The van der Waals surface area contributed by atoms with Crippen molar-refractivity contribution < 1.29 is 9.18 Å². The van der Waals surface area contributed by atoms with E-state index >= 15 is 0 Å². The summed E-state index contributed by atoms with van der Waals surface area (Å²) in [6.07, 6.45) is 6.37. The third kappa shape index (κ3) is 5.52. The normalized spacial score (nSPS) is 22.7. The van der Waals surface area contributed by atoms with Crippen LogP contribution in [0.3, 0.4) is 0 Å². The number of benzene rings is 1. The number of halogens is 1. The zero-order valence-electron chi connectivity index (χ0n) is 16.9. The Morgan fingerprint density at radius 2 is 1.89 bits per heavy atom. The Kier molecular flexibility index (Phi) is 7.25. The predicted molar refractivity (Wildman–Crippen MR) is 107 cm³/mol. The lowest BCUT2D eigenvalue weighted by Crippen LogP contribution is -2.49. The van der Waals surface area contributed by atoms with Gasteiger partial charge in [-0.15, -0.1) is 0 Å². The van der Waals surface area contributed by atoms with Gasteiger partial charge in [0.1, 0.15) is 5.82 Å². The minimum atomic E-state index is -0.0970. The van der Waals surface area contributed by atoms with Crippen molar-refractivity contribution in [3.63, 3.8) is 0 Å². The second kappa shape index (κ2) is 9.65. The molecule has 0 spiro atoms. The summed E-state index contributed by atoms with van der Waals surface area (Å²) in [7, 11) is 4.04. The van der Waals surface area contributed by atoms with Crippen LogP contribution in [-0.4, -0.2) is 73.5 Å². The number of hydrogen-bond donors (Lipinski definition) is 0. The van der Waals surface area contributed by atoms with Crippen LogP contribution in [0, 0.1) is 11.7 Å². The standard InChI is InChI=1S/C22H34FN3O/c1-24-13-6-5-9-21(24)22(27)25(2)17-18-10-14-26(15-11-18)16-12-19-7-3-4-8-20(19)23/h3-4,7-8,18,21H,5-6,9-17H2,1-2H3/t21-/m1/s1. The van der Waals surface area contributed by atoms with Crippen molar-refractivity contribution in [2.45, 2.75) is 44.6 Å². The number of carbonyl (C=O) groups is 1. The Hall–Kier alpha value is -1.46. The smallest absolute Gasteiger partial charge is 0.239 e. The predicted octanol–water partition coefficient (Wildman–Crippen LogP) is 3.02. The largest absolute Gasteiger partial charge is 0.344 e. The third-order valence-corrected chi connectivity index (χ3v) is 6.33. The Morgan fingerprint density at radius 1 is 1.15 bits per heavy atom. The summed E-state index contributed by atoms with van der Waals surface area (Å²) >= 11 is 0. The lowest BCUT2D eigenvalue weighted by Gasteiger charge is -2.37.